The van der Waals surface area contributed by atoms with Gasteiger partial charge in [0.2, 0.25) is 0 Å². The van der Waals surface area contributed by atoms with E-state index in [0.717, 1.165) is 82.3 Å². The summed E-state index contributed by atoms with van der Waals surface area (Å²) in [6.07, 6.45) is 2.58. The van der Waals surface area contributed by atoms with Crippen molar-refractivity contribution in [2.24, 2.45) is 35.2 Å². The van der Waals surface area contributed by atoms with E-state index in [0.29, 0.717) is 107 Å². The minimum Gasteiger partial charge on any atom is -0.513 e. The topological polar surface area (TPSA) is 310 Å². The van der Waals surface area contributed by atoms with E-state index < -0.39 is 0 Å². The average molecular weight is 2450 g/mol. The molecule has 0 unspecified atom stereocenters. The van der Waals surface area contributed by atoms with Crippen molar-refractivity contribution in [1.29, 1.82) is 0 Å². The van der Waals surface area contributed by atoms with Gasteiger partial charge in [-0.3, -0.25) is 0 Å². The number of aromatic nitrogens is 20. The van der Waals surface area contributed by atoms with E-state index in [4.69, 9.17) is 140 Å². The second-order valence-electron chi connectivity index (χ2n) is 27.1. The minimum atomic E-state index is -0.339. The SMILES string of the molecule is CC(C)c1cccc(-n2nnn(C)c2=O)c1COc1cc(Cl)[c-]cc1Cl.CCCc1cccc(-n2nnn(C)c2=O)c1COc1cc(Cl)[c-]cc1Cl.CCc1cccc(-n2nnn(C)c2=O)c1COc1cc(Cl)[c-]cc1Cl.Cc1cccc(-n2nnn(C)c2=O)c1COc1cc(Cl)[c-]cc1Cl.Cn1nnn(-c2cccc(I)c2COc2cc(Cl)[c-]cc2Cl)c1=O.[Y].[Y].[Y].[Y].[Y]. The van der Waals surface area contributed by atoms with Crippen molar-refractivity contribution in [2.45, 2.75) is 92.8 Å². The molecule has 0 fully saturated rings. The molecule has 0 atom stereocenters. The van der Waals surface area contributed by atoms with Crippen LogP contribution in [0.4, 0.5) is 0 Å². The van der Waals surface area contributed by atoms with Crippen molar-refractivity contribution in [2.75, 3.05) is 0 Å². The van der Waals surface area contributed by atoms with Crippen LogP contribution >= 0.6 is 139 Å². The predicted molar refractivity (Wildman–Crippen MR) is 486 cm³/mol. The molecule has 665 valence electrons. The summed E-state index contributed by atoms with van der Waals surface area (Å²) in [6.45, 7) is 11.2. The minimum absolute atomic E-state index is 0. The maximum atomic E-state index is 12.3. The molecule has 15 rings (SSSR count). The number of benzene rings is 10. The van der Waals surface area contributed by atoms with Crippen LogP contribution < -0.4 is 52.1 Å². The van der Waals surface area contributed by atoms with Gasteiger partial charge in [-0.05, 0) is 184 Å². The summed E-state index contributed by atoms with van der Waals surface area (Å²) in [5, 5.41) is 42.5. The van der Waals surface area contributed by atoms with Crippen LogP contribution in [0.2, 0.25) is 50.2 Å². The van der Waals surface area contributed by atoms with Gasteiger partial charge in [-0.2, -0.15) is 165 Å². The van der Waals surface area contributed by atoms with E-state index in [-0.39, 0.29) is 231 Å². The van der Waals surface area contributed by atoms with Crippen molar-refractivity contribution in [3.8, 4) is 57.2 Å². The van der Waals surface area contributed by atoms with Gasteiger partial charge in [0.1, 0.15) is 33.0 Å². The fourth-order valence-electron chi connectivity index (χ4n) is 12.0. The van der Waals surface area contributed by atoms with E-state index in [1.54, 1.807) is 107 Å². The molecule has 5 heterocycles. The fourth-order valence-corrected chi connectivity index (χ4v) is 14.3. The van der Waals surface area contributed by atoms with Crippen molar-refractivity contribution < 1.29 is 187 Å². The molecule has 0 aliphatic heterocycles. The third kappa shape index (κ3) is 29.4. The molecule has 15 aromatic rings. The zero-order valence-electron chi connectivity index (χ0n) is 70.7. The van der Waals surface area contributed by atoms with Gasteiger partial charge in [0.25, 0.3) is 0 Å². The van der Waals surface area contributed by atoms with Gasteiger partial charge >= 0.3 is 28.4 Å². The smallest absolute Gasteiger partial charge is 0.368 e. The normalized spacial score (nSPS) is 10.5. The maximum Gasteiger partial charge on any atom is 0.368 e. The standard InChI is InChI=1S/2C18H17Cl2N4O2.C17H15Cl2N4O2.C16H13Cl2N4O2.C15H10Cl2IN4O2.5Y/c1-11(2)13-5-4-6-16(24-18(25)23(3)21-22-24)14(13)10-26-17-9-12(19)7-8-15(17)20;1-3-5-12-6-4-7-16(24-18(25)23(2)21-22-24)14(12)11-26-17-10-13(19)8-9-15(17)20;1-3-11-5-4-6-15(23-17(24)22(2)20-21-23)13(11)10-25-16-9-12(18)7-8-14(16)19;1-10-4-3-5-14(22-16(23)21(2)19-20-22)12(10)9-24-15-8-11(17)6-7-13(15)18;1-21-15(23)22(20-19-21)13-4-2-3-12(18)10(13)8-24-14-7-9(16)5-6-11(14)17;;;;;/h4-6,8-9,11H,10H2,1-3H3;4,6-7,9-10H,3,5,11H2,1-2H3;4-6,8-9H,3,10H2,1-2H3;3-5,7-8H,9H2,1-2H3;2-4,6-7H,8H2,1H3;;;;;/q5*-1;;;;;. The van der Waals surface area contributed by atoms with Crippen molar-refractivity contribution >= 4 is 139 Å². The molecule has 0 saturated carbocycles. The van der Waals surface area contributed by atoms with Crippen molar-refractivity contribution in [3.63, 3.8) is 0 Å². The number of hydrogen-bond acceptors (Lipinski definition) is 20. The quantitative estimate of drug-likeness (QED) is 0.0401. The molecule has 0 N–H and O–H groups in total. The van der Waals surface area contributed by atoms with Crippen LogP contribution in [-0.4, -0.2) is 99.0 Å². The summed E-state index contributed by atoms with van der Waals surface area (Å²) in [7, 11) is 7.74. The second-order valence-corrected chi connectivity index (χ2v) is 32.4. The molecule has 0 aliphatic carbocycles. The van der Waals surface area contributed by atoms with E-state index in [9.17, 15) is 24.0 Å². The van der Waals surface area contributed by atoms with Crippen LogP contribution in [0, 0.1) is 40.8 Å². The molecular formula is C84H72Cl10IN20O10Y5-5. The fraction of sp³-hybridized carbons (Fsp3) is 0.226. The predicted octanol–water partition coefficient (Wildman–Crippen LogP) is 16.8. The monoisotopic (exact) mass is 2440 g/mol. The van der Waals surface area contributed by atoms with Gasteiger partial charge in [0.15, 0.2) is 0 Å². The van der Waals surface area contributed by atoms with Gasteiger partial charge < -0.3 is 23.7 Å². The van der Waals surface area contributed by atoms with Crippen LogP contribution in [0.5, 0.6) is 28.7 Å². The van der Waals surface area contributed by atoms with Gasteiger partial charge in [-0.1, -0.05) is 114 Å². The second kappa shape index (κ2) is 54.0. The van der Waals surface area contributed by atoms with Gasteiger partial charge in [-0.25, -0.2) is 24.0 Å². The molecule has 46 heteroatoms. The number of aryl methyl sites for hydroxylation is 8. The summed E-state index contributed by atoms with van der Waals surface area (Å²) in [5.41, 5.74) is 9.69. The van der Waals surface area contributed by atoms with E-state index in [1.807, 2.05) is 86.6 Å². The molecule has 0 spiro atoms. The Morgan fingerprint density at radius 1 is 0.338 bits per heavy atom. The number of halogens is 11. The first-order valence-electron chi connectivity index (χ1n) is 37.5. The molecule has 0 aliphatic rings. The summed E-state index contributed by atoms with van der Waals surface area (Å²) < 4.78 is 42.2. The number of nitrogens with zero attached hydrogens (tertiary/aromatic N) is 20. The van der Waals surface area contributed by atoms with Gasteiger partial charge in [0, 0.05) is 259 Å². The Morgan fingerprint density at radius 2 is 0.592 bits per heavy atom. The average Bonchev–Trinajstić information content (AvgIpc) is 1.55. The Hall–Kier alpha value is -5.30. The number of rotatable bonds is 24. The van der Waals surface area contributed by atoms with Gasteiger partial charge in [0.05, 0.1) is 28.4 Å². The number of tetrazole rings is 5. The Labute approximate surface area is 935 Å². The van der Waals surface area contributed by atoms with Crippen molar-refractivity contribution in [1.82, 2.24) is 99.0 Å². The Bertz CT molecular complexity index is 6550. The van der Waals surface area contributed by atoms with Gasteiger partial charge in [-0.15, -0.1) is 88.3 Å². The number of hydrogen-bond donors (Lipinski definition) is 0. The molecule has 5 aromatic heterocycles. The molecule has 0 amide bonds. The third-order valence-corrected chi connectivity index (χ3v) is 22.0. The summed E-state index contributed by atoms with van der Waals surface area (Å²) in [4.78, 5) is 61.0. The van der Waals surface area contributed by atoms with Crippen LogP contribution in [0.15, 0.2) is 176 Å². The first kappa shape index (κ1) is 113. The summed E-state index contributed by atoms with van der Waals surface area (Å²) >= 11 is 62.5. The van der Waals surface area contributed by atoms with Crippen LogP contribution in [0.25, 0.3) is 28.4 Å². The Kier molecular flexibility index (Phi) is 47.1. The van der Waals surface area contributed by atoms with Crippen LogP contribution in [0.3, 0.4) is 0 Å². The van der Waals surface area contributed by atoms with Crippen LogP contribution in [-0.2, 0) is 245 Å². The van der Waals surface area contributed by atoms with Crippen LogP contribution in [0.1, 0.15) is 90.1 Å². The molecule has 30 nitrogen and oxygen atoms in total. The Balaban J connectivity index is 0.000000248. The largest absolute Gasteiger partial charge is 0.513 e. The van der Waals surface area contributed by atoms with E-state index in [1.165, 1.54) is 44.5 Å². The molecule has 10 aromatic carbocycles. The molecular weight excluding hydrogens is 2380 g/mol. The molecule has 130 heavy (non-hydrogen) atoms. The van der Waals surface area contributed by atoms with E-state index in [2.05, 4.69) is 126 Å². The number of ether oxygens (including phenoxy) is 5. The summed E-state index contributed by atoms with van der Waals surface area (Å²) in [5.74, 6) is 2.47. The molecule has 0 bridgehead atoms. The summed E-state index contributed by atoms with van der Waals surface area (Å²) in [6, 6.07) is 57.9. The first-order valence-corrected chi connectivity index (χ1v) is 42.3. The van der Waals surface area contributed by atoms with Crippen molar-refractivity contribution in [3.05, 3.63) is 338 Å². The van der Waals surface area contributed by atoms with E-state index >= 15 is 0 Å². The molecule has 0 saturated heterocycles. The first-order chi connectivity index (χ1) is 59.8. The third-order valence-electron chi connectivity index (χ3n) is 18.4. The maximum absolute atomic E-state index is 12.3. The molecule has 5 radical (unpaired) electrons. The zero-order valence-corrected chi connectivity index (χ0v) is 94.6. The zero-order chi connectivity index (χ0) is 90.0. The Morgan fingerprint density at radius 3 is 0.892 bits per heavy atom.